The number of aromatic amines is 1. The fourth-order valence-electron chi connectivity index (χ4n) is 2.02. The van der Waals surface area contributed by atoms with Crippen LogP contribution in [0, 0.1) is 13.8 Å². The number of aryl methyl sites for hydroxylation is 2. The van der Waals surface area contributed by atoms with Crippen LogP contribution in [-0.2, 0) is 6.54 Å². The minimum atomic E-state index is 0.872. The first-order valence-corrected chi connectivity index (χ1v) is 6.78. The van der Waals surface area contributed by atoms with Gasteiger partial charge >= 0.3 is 0 Å². The van der Waals surface area contributed by atoms with Crippen LogP contribution in [0.3, 0.4) is 0 Å². The molecule has 2 N–H and O–H groups in total. The number of imidazole rings is 1. The van der Waals surface area contributed by atoms with Crippen LogP contribution in [0.5, 0.6) is 0 Å². The molecule has 0 radical (unpaired) electrons. The van der Waals surface area contributed by atoms with Gasteiger partial charge in [-0.25, -0.2) is 4.98 Å². The van der Waals surface area contributed by atoms with E-state index in [1.165, 1.54) is 9.75 Å². The molecule has 0 saturated carbocycles. The molecule has 0 spiro atoms. The molecule has 0 bridgehead atoms. The van der Waals surface area contributed by atoms with E-state index in [9.17, 15) is 0 Å². The summed E-state index contributed by atoms with van der Waals surface area (Å²) in [5, 5.41) is 3.44. The maximum Gasteiger partial charge on any atom is 0.104 e. The summed E-state index contributed by atoms with van der Waals surface area (Å²) >= 11 is 1.83. The first-order chi connectivity index (χ1) is 8.70. The van der Waals surface area contributed by atoms with Gasteiger partial charge in [-0.1, -0.05) is 0 Å². The maximum atomic E-state index is 4.39. The molecule has 0 atom stereocenters. The van der Waals surface area contributed by atoms with Crippen LogP contribution in [0.1, 0.15) is 15.6 Å². The highest BCUT2D eigenvalue weighted by Crippen LogP contribution is 2.20. The maximum absolute atomic E-state index is 4.39. The Kier molecular flexibility index (Phi) is 2.80. The van der Waals surface area contributed by atoms with Crippen molar-refractivity contribution >= 4 is 28.1 Å². The molecule has 0 unspecified atom stereocenters. The first kappa shape index (κ1) is 11.3. The molecule has 3 nitrogen and oxygen atoms in total. The Morgan fingerprint density at radius 3 is 2.89 bits per heavy atom. The van der Waals surface area contributed by atoms with Crippen LogP contribution >= 0.6 is 11.3 Å². The van der Waals surface area contributed by atoms with Gasteiger partial charge in [0.15, 0.2) is 0 Å². The summed E-state index contributed by atoms with van der Waals surface area (Å²) in [4.78, 5) is 10.4. The average Bonchev–Trinajstić information content (AvgIpc) is 2.90. The van der Waals surface area contributed by atoms with Crippen molar-refractivity contribution in [3.63, 3.8) is 0 Å². The highest BCUT2D eigenvalue weighted by molar-refractivity contribution is 7.11. The largest absolute Gasteiger partial charge is 0.380 e. The normalized spacial score (nSPS) is 11.0. The molecular weight excluding hydrogens is 242 g/mol. The van der Waals surface area contributed by atoms with Crippen molar-refractivity contribution in [2.24, 2.45) is 0 Å². The Hall–Kier alpha value is -1.81. The van der Waals surface area contributed by atoms with E-state index in [1.54, 1.807) is 0 Å². The van der Waals surface area contributed by atoms with Gasteiger partial charge in [-0.05, 0) is 44.2 Å². The zero-order valence-electron chi connectivity index (χ0n) is 10.4. The van der Waals surface area contributed by atoms with Gasteiger partial charge in [-0.2, -0.15) is 0 Å². The molecule has 0 saturated heterocycles. The molecule has 0 aliphatic heterocycles. The van der Waals surface area contributed by atoms with Gasteiger partial charge in [0.1, 0.15) is 5.82 Å². The van der Waals surface area contributed by atoms with Gasteiger partial charge in [0.25, 0.3) is 0 Å². The molecule has 0 aliphatic carbocycles. The molecule has 1 aromatic carbocycles. The van der Waals surface area contributed by atoms with Gasteiger partial charge in [0.05, 0.1) is 11.0 Å². The van der Waals surface area contributed by atoms with E-state index in [-0.39, 0.29) is 0 Å². The van der Waals surface area contributed by atoms with E-state index >= 15 is 0 Å². The topological polar surface area (TPSA) is 40.7 Å². The SMILES string of the molecule is Cc1nc2ccc(NCc3ccc(C)s3)cc2[nH]1. The van der Waals surface area contributed by atoms with E-state index in [0.29, 0.717) is 0 Å². The van der Waals surface area contributed by atoms with Crippen molar-refractivity contribution < 1.29 is 0 Å². The Morgan fingerprint density at radius 2 is 2.11 bits per heavy atom. The fourth-order valence-corrected chi connectivity index (χ4v) is 2.85. The number of nitrogens with zero attached hydrogens (tertiary/aromatic N) is 1. The minimum Gasteiger partial charge on any atom is -0.380 e. The number of thiophene rings is 1. The van der Waals surface area contributed by atoms with Gasteiger partial charge in [0, 0.05) is 22.0 Å². The van der Waals surface area contributed by atoms with Crippen molar-refractivity contribution in [1.82, 2.24) is 9.97 Å². The summed E-state index contributed by atoms with van der Waals surface area (Å²) in [6, 6.07) is 10.6. The molecular formula is C14H15N3S. The lowest BCUT2D eigenvalue weighted by molar-refractivity contribution is 1.17. The van der Waals surface area contributed by atoms with Crippen molar-refractivity contribution in [1.29, 1.82) is 0 Å². The second kappa shape index (κ2) is 4.46. The fraction of sp³-hybridized carbons (Fsp3) is 0.214. The zero-order valence-corrected chi connectivity index (χ0v) is 11.3. The van der Waals surface area contributed by atoms with Crippen LogP contribution < -0.4 is 5.32 Å². The predicted molar refractivity (Wildman–Crippen MR) is 77.2 cm³/mol. The standard InChI is InChI=1S/C14H15N3S/c1-9-3-5-12(18-9)8-15-11-4-6-13-14(7-11)17-10(2)16-13/h3-7,15H,8H2,1-2H3,(H,16,17). The molecule has 0 fully saturated rings. The lowest BCUT2D eigenvalue weighted by atomic mass is 10.2. The third-order valence-corrected chi connectivity index (χ3v) is 3.86. The van der Waals surface area contributed by atoms with E-state index in [0.717, 1.165) is 29.1 Å². The summed E-state index contributed by atoms with van der Waals surface area (Å²) < 4.78 is 0. The predicted octanol–water partition coefficient (Wildman–Crippen LogP) is 3.85. The molecule has 3 rings (SSSR count). The van der Waals surface area contributed by atoms with Crippen molar-refractivity contribution in [2.75, 3.05) is 5.32 Å². The van der Waals surface area contributed by atoms with Crippen molar-refractivity contribution in [3.05, 3.63) is 45.9 Å². The molecule has 18 heavy (non-hydrogen) atoms. The lowest BCUT2D eigenvalue weighted by Crippen LogP contribution is -1.96. The summed E-state index contributed by atoms with van der Waals surface area (Å²) in [6.07, 6.45) is 0. The number of H-pyrrole nitrogens is 1. The number of rotatable bonds is 3. The van der Waals surface area contributed by atoms with E-state index in [4.69, 9.17) is 0 Å². The second-order valence-corrected chi connectivity index (χ2v) is 5.79. The number of nitrogens with one attached hydrogen (secondary N) is 2. The van der Waals surface area contributed by atoms with Gasteiger partial charge in [-0.3, -0.25) is 0 Å². The Labute approximate surface area is 110 Å². The van der Waals surface area contributed by atoms with E-state index in [2.05, 4.69) is 46.5 Å². The average molecular weight is 257 g/mol. The quantitative estimate of drug-likeness (QED) is 0.748. The molecule has 2 heterocycles. The minimum absolute atomic E-state index is 0.872. The lowest BCUT2D eigenvalue weighted by Gasteiger charge is -2.04. The number of benzene rings is 1. The third-order valence-electron chi connectivity index (χ3n) is 2.86. The van der Waals surface area contributed by atoms with Crippen molar-refractivity contribution in [3.8, 4) is 0 Å². The Balaban J connectivity index is 1.78. The van der Waals surface area contributed by atoms with E-state index in [1.807, 2.05) is 24.3 Å². The van der Waals surface area contributed by atoms with Crippen LogP contribution in [0.15, 0.2) is 30.3 Å². The number of hydrogen-bond acceptors (Lipinski definition) is 3. The zero-order chi connectivity index (χ0) is 12.5. The summed E-state index contributed by atoms with van der Waals surface area (Å²) in [7, 11) is 0. The monoisotopic (exact) mass is 257 g/mol. The number of anilines is 1. The van der Waals surface area contributed by atoms with Crippen LogP contribution in [0.4, 0.5) is 5.69 Å². The highest BCUT2D eigenvalue weighted by Gasteiger charge is 2.01. The van der Waals surface area contributed by atoms with Crippen molar-refractivity contribution in [2.45, 2.75) is 20.4 Å². The van der Waals surface area contributed by atoms with E-state index < -0.39 is 0 Å². The highest BCUT2D eigenvalue weighted by atomic mass is 32.1. The number of aromatic nitrogens is 2. The molecule has 4 heteroatoms. The smallest absolute Gasteiger partial charge is 0.104 e. The summed E-state index contributed by atoms with van der Waals surface area (Å²) in [5.41, 5.74) is 3.22. The second-order valence-electron chi connectivity index (χ2n) is 4.42. The molecule has 0 aliphatic rings. The van der Waals surface area contributed by atoms with Gasteiger partial charge in [-0.15, -0.1) is 11.3 Å². The summed E-state index contributed by atoms with van der Waals surface area (Å²) in [5.74, 6) is 0.955. The van der Waals surface area contributed by atoms with Crippen LogP contribution in [0.2, 0.25) is 0 Å². The summed E-state index contributed by atoms with van der Waals surface area (Å²) in [6.45, 7) is 4.98. The Morgan fingerprint density at radius 1 is 1.22 bits per heavy atom. The molecule has 92 valence electrons. The number of fused-ring (bicyclic) bond motifs is 1. The van der Waals surface area contributed by atoms with Gasteiger partial charge < -0.3 is 10.3 Å². The first-order valence-electron chi connectivity index (χ1n) is 5.96. The molecule has 0 amide bonds. The molecule has 2 aromatic heterocycles. The third kappa shape index (κ3) is 2.24. The number of hydrogen-bond donors (Lipinski definition) is 2. The molecule has 3 aromatic rings. The van der Waals surface area contributed by atoms with Gasteiger partial charge in [0.2, 0.25) is 0 Å². The van der Waals surface area contributed by atoms with Crippen LogP contribution in [-0.4, -0.2) is 9.97 Å². The van der Waals surface area contributed by atoms with Crippen LogP contribution in [0.25, 0.3) is 11.0 Å². The Bertz CT molecular complexity index is 681.